The lowest BCUT2D eigenvalue weighted by atomic mass is 10.00. The van der Waals surface area contributed by atoms with Crippen LogP contribution < -0.4 is 4.74 Å². The Balaban J connectivity index is 3.12. The molecule has 0 heterocycles. The molecule has 14 heavy (non-hydrogen) atoms. The molecule has 1 aromatic carbocycles. The molecular weight excluding hydrogens is 178 g/mol. The van der Waals surface area contributed by atoms with E-state index >= 15 is 0 Å². The van der Waals surface area contributed by atoms with Gasteiger partial charge in [0, 0.05) is 5.92 Å². The van der Waals surface area contributed by atoms with E-state index in [0.29, 0.717) is 11.3 Å². The van der Waals surface area contributed by atoms with Crippen molar-refractivity contribution in [2.24, 2.45) is 0 Å². The van der Waals surface area contributed by atoms with E-state index in [0.717, 1.165) is 11.5 Å². The molecule has 0 saturated heterocycles. The number of aliphatic hydroxyl groups is 1. The second-order valence-corrected chi connectivity index (χ2v) is 3.00. The lowest BCUT2D eigenvalue weighted by Gasteiger charge is -2.09. The minimum atomic E-state index is -0.0158. The topological polar surface area (TPSA) is 53.2 Å². The Kier molecular flexibility index (Phi) is 3.49. The summed E-state index contributed by atoms with van der Waals surface area (Å²) in [4.78, 5) is 0. The first-order chi connectivity index (χ1) is 6.71. The Bertz CT molecular complexity index is 355. The number of nitriles is 1. The summed E-state index contributed by atoms with van der Waals surface area (Å²) in [6, 6.07) is 7.24. The van der Waals surface area contributed by atoms with Crippen LogP contribution in [0.2, 0.25) is 0 Å². The second kappa shape index (κ2) is 4.64. The van der Waals surface area contributed by atoms with Gasteiger partial charge in [-0.3, -0.25) is 0 Å². The molecule has 1 rings (SSSR count). The molecule has 73 valence electrons. The standard InChI is InChI=1S/C11H12NO2/c1-8(7-13)10-3-9(6-12)4-11(5-10)14-2/h3-5,13H,7H2,1-2H3. The Morgan fingerprint density at radius 1 is 1.50 bits per heavy atom. The Hall–Kier alpha value is -1.53. The first-order valence-electron chi connectivity index (χ1n) is 4.24. The highest BCUT2D eigenvalue weighted by Gasteiger charge is 2.07. The number of aliphatic hydroxyl groups excluding tert-OH is 1. The molecule has 0 saturated carbocycles. The van der Waals surface area contributed by atoms with Gasteiger partial charge in [0.1, 0.15) is 5.75 Å². The summed E-state index contributed by atoms with van der Waals surface area (Å²) in [7, 11) is 1.55. The third-order valence-corrected chi connectivity index (χ3v) is 2.00. The van der Waals surface area contributed by atoms with E-state index in [2.05, 4.69) is 0 Å². The Morgan fingerprint density at radius 3 is 2.71 bits per heavy atom. The third-order valence-electron chi connectivity index (χ3n) is 2.00. The zero-order chi connectivity index (χ0) is 10.6. The van der Waals surface area contributed by atoms with Gasteiger partial charge in [0.25, 0.3) is 0 Å². The maximum Gasteiger partial charge on any atom is 0.120 e. The summed E-state index contributed by atoms with van der Waals surface area (Å²) in [6.07, 6.45) is 0. The van der Waals surface area contributed by atoms with Crippen LogP contribution in [0.1, 0.15) is 18.1 Å². The zero-order valence-corrected chi connectivity index (χ0v) is 8.24. The molecule has 1 radical (unpaired) electrons. The minimum absolute atomic E-state index is 0.0158. The summed E-state index contributed by atoms with van der Waals surface area (Å²) in [5.41, 5.74) is 1.37. The SMILES string of the molecule is COc1cc(C#N)cc([C](C)CO)c1. The fraction of sp³-hybridized carbons (Fsp3) is 0.273. The predicted molar refractivity (Wildman–Crippen MR) is 52.8 cm³/mol. The van der Waals surface area contributed by atoms with Gasteiger partial charge in [-0.1, -0.05) is 6.92 Å². The van der Waals surface area contributed by atoms with Gasteiger partial charge in [-0.2, -0.15) is 5.26 Å². The largest absolute Gasteiger partial charge is 0.497 e. The normalized spacial score (nSPS) is 9.93. The predicted octanol–water partition coefficient (Wildman–Crippen LogP) is 1.50. The first kappa shape index (κ1) is 10.6. The van der Waals surface area contributed by atoms with Crippen LogP contribution in [0, 0.1) is 17.2 Å². The molecule has 0 unspecified atom stereocenters. The average Bonchev–Trinajstić information content (AvgIpc) is 2.27. The summed E-state index contributed by atoms with van der Waals surface area (Å²) in [5, 5.41) is 17.7. The quantitative estimate of drug-likeness (QED) is 0.785. The van der Waals surface area contributed by atoms with Crippen LogP contribution in [-0.4, -0.2) is 18.8 Å². The van der Waals surface area contributed by atoms with E-state index < -0.39 is 0 Å². The molecular formula is C11H12NO2. The van der Waals surface area contributed by atoms with Gasteiger partial charge in [0.05, 0.1) is 25.3 Å². The van der Waals surface area contributed by atoms with Crippen molar-refractivity contribution in [3.05, 3.63) is 35.2 Å². The van der Waals surface area contributed by atoms with Crippen LogP contribution in [0.4, 0.5) is 0 Å². The smallest absolute Gasteiger partial charge is 0.120 e. The monoisotopic (exact) mass is 190 g/mol. The zero-order valence-electron chi connectivity index (χ0n) is 8.24. The van der Waals surface area contributed by atoms with Crippen LogP contribution in [0.5, 0.6) is 5.75 Å². The van der Waals surface area contributed by atoms with Crippen molar-refractivity contribution in [3.8, 4) is 11.8 Å². The van der Waals surface area contributed by atoms with Crippen molar-refractivity contribution in [2.45, 2.75) is 6.92 Å². The third kappa shape index (κ3) is 2.24. The number of hydrogen-bond acceptors (Lipinski definition) is 3. The summed E-state index contributed by atoms with van der Waals surface area (Å²) in [6.45, 7) is 1.80. The van der Waals surface area contributed by atoms with Gasteiger partial charge in [-0.25, -0.2) is 0 Å². The Labute approximate surface area is 83.6 Å². The molecule has 3 nitrogen and oxygen atoms in total. The highest BCUT2D eigenvalue weighted by atomic mass is 16.5. The van der Waals surface area contributed by atoms with Crippen molar-refractivity contribution in [1.29, 1.82) is 5.26 Å². The molecule has 0 aliphatic heterocycles. The van der Waals surface area contributed by atoms with Crippen LogP contribution in [-0.2, 0) is 0 Å². The number of methoxy groups -OCH3 is 1. The average molecular weight is 190 g/mol. The fourth-order valence-corrected chi connectivity index (χ4v) is 1.12. The van der Waals surface area contributed by atoms with E-state index in [1.807, 2.05) is 13.0 Å². The van der Waals surface area contributed by atoms with Crippen LogP contribution in [0.25, 0.3) is 0 Å². The van der Waals surface area contributed by atoms with Crippen molar-refractivity contribution in [3.63, 3.8) is 0 Å². The highest BCUT2D eigenvalue weighted by molar-refractivity contribution is 5.45. The molecule has 0 bridgehead atoms. The summed E-state index contributed by atoms with van der Waals surface area (Å²) >= 11 is 0. The first-order valence-corrected chi connectivity index (χ1v) is 4.24. The van der Waals surface area contributed by atoms with Gasteiger partial charge >= 0.3 is 0 Å². The van der Waals surface area contributed by atoms with Crippen molar-refractivity contribution in [2.75, 3.05) is 13.7 Å². The molecule has 3 heteroatoms. The van der Waals surface area contributed by atoms with Gasteiger partial charge in [0.2, 0.25) is 0 Å². The van der Waals surface area contributed by atoms with Crippen molar-refractivity contribution >= 4 is 0 Å². The lowest BCUT2D eigenvalue weighted by molar-refractivity contribution is 0.314. The Morgan fingerprint density at radius 2 is 2.21 bits per heavy atom. The molecule has 0 spiro atoms. The molecule has 1 N–H and O–H groups in total. The maximum atomic E-state index is 8.95. The molecule has 0 aromatic heterocycles. The van der Waals surface area contributed by atoms with E-state index in [1.165, 1.54) is 0 Å². The maximum absolute atomic E-state index is 8.95. The number of benzene rings is 1. The van der Waals surface area contributed by atoms with E-state index in [4.69, 9.17) is 15.1 Å². The second-order valence-electron chi connectivity index (χ2n) is 3.00. The molecule has 1 aromatic rings. The van der Waals surface area contributed by atoms with Gasteiger partial charge < -0.3 is 9.84 Å². The minimum Gasteiger partial charge on any atom is -0.497 e. The number of hydrogen-bond donors (Lipinski definition) is 1. The number of rotatable bonds is 3. The number of ether oxygens (including phenoxy) is 1. The number of nitrogens with zero attached hydrogens (tertiary/aromatic N) is 1. The van der Waals surface area contributed by atoms with Crippen LogP contribution in [0.3, 0.4) is 0 Å². The molecule has 0 aliphatic rings. The van der Waals surface area contributed by atoms with E-state index in [1.54, 1.807) is 25.3 Å². The van der Waals surface area contributed by atoms with Crippen molar-refractivity contribution < 1.29 is 9.84 Å². The van der Waals surface area contributed by atoms with Gasteiger partial charge in [0.15, 0.2) is 0 Å². The van der Waals surface area contributed by atoms with Crippen molar-refractivity contribution in [1.82, 2.24) is 0 Å². The van der Waals surface area contributed by atoms with Gasteiger partial charge in [-0.05, 0) is 23.8 Å². The molecule has 0 amide bonds. The van der Waals surface area contributed by atoms with Gasteiger partial charge in [-0.15, -0.1) is 0 Å². The van der Waals surface area contributed by atoms with E-state index in [9.17, 15) is 0 Å². The summed E-state index contributed by atoms with van der Waals surface area (Å²) in [5.74, 6) is 1.45. The molecule has 0 atom stereocenters. The summed E-state index contributed by atoms with van der Waals surface area (Å²) < 4.78 is 5.05. The van der Waals surface area contributed by atoms with Crippen LogP contribution in [0.15, 0.2) is 18.2 Å². The van der Waals surface area contributed by atoms with Crippen LogP contribution >= 0.6 is 0 Å². The van der Waals surface area contributed by atoms with E-state index in [-0.39, 0.29) is 6.61 Å². The molecule has 0 aliphatic carbocycles. The highest BCUT2D eigenvalue weighted by Crippen LogP contribution is 2.21. The fourth-order valence-electron chi connectivity index (χ4n) is 1.12. The lowest BCUT2D eigenvalue weighted by Crippen LogP contribution is -2.01. The molecule has 0 fully saturated rings.